The molecule has 1 N–H and O–H groups in total. The molecule has 0 bridgehead atoms. The summed E-state index contributed by atoms with van der Waals surface area (Å²) in [5.41, 5.74) is 2.49. The molecule has 0 saturated heterocycles. The highest BCUT2D eigenvalue weighted by Crippen LogP contribution is 2.25. The van der Waals surface area contributed by atoms with Crippen LogP contribution in [0.25, 0.3) is 0 Å². The summed E-state index contributed by atoms with van der Waals surface area (Å²) in [4.78, 5) is 7.12. The smallest absolute Gasteiger partial charge is 0.129 e. The van der Waals surface area contributed by atoms with Crippen LogP contribution in [-0.2, 0) is 12.0 Å². The van der Waals surface area contributed by atoms with E-state index in [9.17, 15) is 0 Å². The van der Waals surface area contributed by atoms with Gasteiger partial charge in [-0.3, -0.25) is 0 Å². The highest BCUT2D eigenvalue weighted by atomic mass is 15.2. The predicted molar refractivity (Wildman–Crippen MR) is 93.0 cm³/mol. The molecule has 1 heterocycles. The van der Waals surface area contributed by atoms with Crippen LogP contribution >= 0.6 is 0 Å². The molecule has 21 heavy (non-hydrogen) atoms. The van der Waals surface area contributed by atoms with E-state index in [1.54, 1.807) is 0 Å². The molecule has 1 aromatic rings. The number of hydrogen-bond acceptors (Lipinski definition) is 3. The van der Waals surface area contributed by atoms with Gasteiger partial charge in [0.2, 0.25) is 0 Å². The number of aromatic nitrogens is 1. The minimum atomic E-state index is 0.0518. The fourth-order valence-corrected chi connectivity index (χ4v) is 2.08. The maximum absolute atomic E-state index is 4.87. The first-order chi connectivity index (χ1) is 9.77. The van der Waals surface area contributed by atoms with E-state index in [1.165, 1.54) is 5.56 Å². The van der Waals surface area contributed by atoms with E-state index in [-0.39, 0.29) is 5.41 Å². The van der Waals surface area contributed by atoms with Crippen LogP contribution in [0, 0.1) is 0 Å². The van der Waals surface area contributed by atoms with Crippen LogP contribution in [0.4, 0.5) is 5.82 Å². The van der Waals surface area contributed by atoms with Crippen LogP contribution in [0.2, 0.25) is 0 Å². The Morgan fingerprint density at radius 3 is 2.48 bits per heavy atom. The van der Waals surface area contributed by atoms with Gasteiger partial charge in [0, 0.05) is 36.8 Å². The lowest BCUT2D eigenvalue weighted by molar-refractivity contribution is 0.560. The lowest BCUT2D eigenvalue weighted by Crippen LogP contribution is -2.27. The van der Waals surface area contributed by atoms with Crippen molar-refractivity contribution in [3.63, 3.8) is 0 Å². The van der Waals surface area contributed by atoms with Crippen molar-refractivity contribution in [1.82, 2.24) is 10.3 Å². The highest BCUT2D eigenvalue weighted by Gasteiger charge is 2.18. The maximum atomic E-state index is 4.87. The number of hydrogen-bond donors (Lipinski definition) is 1. The Morgan fingerprint density at radius 2 is 2.00 bits per heavy atom. The van der Waals surface area contributed by atoms with Gasteiger partial charge in [0.1, 0.15) is 5.82 Å². The third kappa shape index (κ3) is 5.50. The molecule has 0 aliphatic rings. The summed E-state index contributed by atoms with van der Waals surface area (Å²) in [7, 11) is 0. The topological polar surface area (TPSA) is 28.2 Å². The van der Waals surface area contributed by atoms with Gasteiger partial charge in [-0.1, -0.05) is 40.7 Å². The van der Waals surface area contributed by atoms with E-state index in [0.29, 0.717) is 6.04 Å². The van der Waals surface area contributed by atoms with Gasteiger partial charge >= 0.3 is 0 Å². The first-order valence-electron chi connectivity index (χ1n) is 7.88. The largest absolute Gasteiger partial charge is 0.353 e. The molecule has 0 spiro atoms. The van der Waals surface area contributed by atoms with Gasteiger partial charge in [-0.2, -0.15) is 0 Å². The molecule has 1 rings (SSSR count). The van der Waals surface area contributed by atoms with Crippen LogP contribution in [0.5, 0.6) is 0 Å². The molecule has 0 unspecified atom stereocenters. The summed E-state index contributed by atoms with van der Waals surface area (Å²) < 4.78 is 0. The van der Waals surface area contributed by atoms with Gasteiger partial charge in [-0.05, 0) is 24.6 Å². The molecular formula is C18H31N3. The summed E-state index contributed by atoms with van der Waals surface area (Å²) in [6.45, 7) is 19.6. The van der Waals surface area contributed by atoms with E-state index in [0.717, 1.165) is 31.1 Å². The standard InChI is InChI=1S/C18H31N3/c1-8-10-21(9-2)17-12-15(13-19-14(3)4)11-16(20-17)18(5,6)7/h8,11-12,14,19H,1,9-10,13H2,2-7H3. The molecule has 3 heteroatoms. The van der Waals surface area contributed by atoms with E-state index in [2.05, 4.69) is 70.5 Å². The second kappa shape index (κ2) is 7.60. The molecule has 0 amide bonds. The van der Waals surface area contributed by atoms with Crippen molar-refractivity contribution in [3.05, 3.63) is 36.0 Å². The number of nitrogens with one attached hydrogen (secondary N) is 1. The fraction of sp³-hybridized carbons (Fsp3) is 0.611. The van der Waals surface area contributed by atoms with Crippen LogP contribution in [-0.4, -0.2) is 24.1 Å². The second-order valence-electron chi connectivity index (χ2n) is 6.83. The van der Waals surface area contributed by atoms with Crippen LogP contribution in [0.1, 0.15) is 52.8 Å². The normalized spacial score (nSPS) is 11.8. The molecule has 3 nitrogen and oxygen atoms in total. The van der Waals surface area contributed by atoms with E-state index in [4.69, 9.17) is 4.98 Å². The van der Waals surface area contributed by atoms with Gasteiger partial charge in [0.15, 0.2) is 0 Å². The third-order valence-electron chi connectivity index (χ3n) is 3.41. The monoisotopic (exact) mass is 289 g/mol. The summed E-state index contributed by atoms with van der Waals surface area (Å²) in [5, 5.41) is 3.49. The molecule has 0 aliphatic heterocycles. The number of likely N-dealkylation sites (N-methyl/N-ethyl adjacent to an activating group) is 1. The number of pyridine rings is 1. The van der Waals surface area contributed by atoms with Crippen molar-refractivity contribution < 1.29 is 0 Å². The first kappa shape index (κ1) is 17.7. The molecule has 0 radical (unpaired) electrons. The molecule has 0 aliphatic carbocycles. The zero-order valence-electron chi connectivity index (χ0n) is 14.5. The SMILES string of the molecule is C=CCN(CC)c1cc(CNC(C)C)cc(C(C)(C)C)n1. The molecular weight excluding hydrogens is 258 g/mol. The Bertz CT molecular complexity index is 458. The average molecular weight is 289 g/mol. The van der Waals surface area contributed by atoms with Crippen LogP contribution in [0.15, 0.2) is 24.8 Å². The van der Waals surface area contributed by atoms with Gasteiger partial charge in [-0.25, -0.2) is 4.98 Å². The number of rotatable bonds is 7. The quantitative estimate of drug-likeness (QED) is 0.772. The van der Waals surface area contributed by atoms with Crippen molar-refractivity contribution in [2.45, 2.75) is 59.5 Å². The summed E-state index contributed by atoms with van der Waals surface area (Å²) in [6.07, 6.45) is 1.93. The Balaban J connectivity index is 3.16. The lowest BCUT2D eigenvalue weighted by atomic mass is 9.90. The lowest BCUT2D eigenvalue weighted by Gasteiger charge is -2.25. The van der Waals surface area contributed by atoms with Crippen molar-refractivity contribution in [1.29, 1.82) is 0 Å². The Kier molecular flexibility index (Phi) is 6.41. The average Bonchev–Trinajstić information content (AvgIpc) is 2.41. The van der Waals surface area contributed by atoms with Crippen molar-refractivity contribution in [2.24, 2.45) is 0 Å². The Morgan fingerprint density at radius 1 is 1.33 bits per heavy atom. The van der Waals surface area contributed by atoms with Gasteiger partial charge in [-0.15, -0.1) is 6.58 Å². The van der Waals surface area contributed by atoms with Crippen molar-refractivity contribution in [2.75, 3.05) is 18.0 Å². The van der Waals surface area contributed by atoms with Gasteiger partial charge < -0.3 is 10.2 Å². The van der Waals surface area contributed by atoms with E-state index >= 15 is 0 Å². The Labute approximate surface area is 130 Å². The Hall–Kier alpha value is -1.35. The van der Waals surface area contributed by atoms with Gasteiger partial charge in [0.25, 0.3) is 0 Å². The zero-order valence-corrected chi connectivity index (χ0v) is 14.5. The van der Waals surface area contributed by atoms with E-state index < -0.39 is 0 Å². The summed E-state index contributed by atoms with van der Waals surface area (Å²) in [5.74, 6) is 1.05. The zero-order chi connectivity index (χ0) is 16.0. The molecule has 1 aromatic heterocycles. The minimum absolute atomic E-state index is 0.0518. The number of anilines is 1. The van der Waals surface area contributed by atoms with Crippen molar-refractivity contribution in [3.8, 4) is 0 Å². The van der Waals surface area contributed by atoms with Crippen LogP contribution < -0.4 is 10.2 Å². The molecule has 0 saturated carbocycles. The summed E-state index contributed by atoms with van der Waals surface area (Å²) >= 11 is 0. The molecule has 0 aromatic carbocycles. The second-order valence-corrected chi connectivity index (χ2v) is 6.83. The first-order valence-corrected chi connectivity index (χ1v) is 7.88. The fourth-order valence-electron chi connectivity index (χ4n) is 2.08. The predicted octanol–water partition coefficient (Wildman–Crippen LogP) is 3.89. The maximum Gasteiger partial charge on any atom is 0.129 e. The highest BCUT2D eigenvalue weighted by molar-refractivity contribution is 5.44. The molecule has 0 fully saturated rings. The summed E-state index contributed by atoms with van der Waals surface area (Å²) in [6, 6.07) is 4.90. The molecule has 118 valence electrons. The number of nitrogens with zero attached hydrogens (tertiary/aromatic N) is 2. The van der Waals surface area contributed by atoms with Crippen molar-refractivity contribution >= 4 is 5.82 Å². The molecule has 0 atom stereocenters. The van der Waals surface area contributed by atoms with Crippen LogP contribution in [0.3, 0.4) is 0 Å². The third-order valence-corrected chi connectivity index (χ3v) is 3.41. The minimum Gasteiger partial charge on any atom is -0.353 e. The van der Waals surface area contributed by atoms with Gasteiger partial charge in [0.05, 0.1) is 0 Å². The van der Waals surface area contributed by atoms with E-state index in [1.807, 2.05) is 6.08 Å².